The van der Waals surface area contributed by atoms with E-state index in [4.69, 9.17) is 0 Å². The number of benzene rings is 1. The molecule has 4 aromatic rings. The van der Waals surface area contributed by atoms with Crippen molar-refractivity contribution in [2.75, 3.05) is 5.32 Å². The smallest absolute Gasteiger partial charge is 0.249 e. The van der Waals surface area contributed by atoms with Crippen LogP contribution >= 0.6 is 11.3 Å². The number of aryl methyl sites for hydroxylation is 1. The van der Waals surface area contributed by atoms with Gasteiger partial charge in [-0.05, 0) is 43.3 Å². The summed E-state index contributed by atoms with van der Waals surface area (Å²) in [6, 6.07) is 9.72. The van der Waals surface area contributed by atoms with Crippen molar-refractivity contribution in [3.8, 4) is 11.3 Å². The van der Waals surface area contributed by atoms with Gasteiger partial charge in [0.25, 0.3) is 0 Å². The molecule has 0 fully saturated rings. The molecular formula is C15H11FN6S. The van der Waals surface area contributed by atoms with Gasteiger partial charge < -0.3 is 5.32 Å². The lowest BCUT2D eigenvalue weighted by atomic mass is 10.1. The first-order valence-corrected chi connectivity index (χ1v) is 7.74. The van der Waals surface area contributed by atoms with Gasteiger partial charge in [0, 0.05) is 10.9 Å². The highest BCUT2D eigenvalue weighted by Crippen LogP contribution is 2.20. The molecule has 0 aliphatic heterocycles. The van der Waals surface area contributed by atoms with Gasteiger partial charge >= 0.3 is 0 Å². The molecule has 0 saturated heterocycles. The van der Waals surface area contributed by atoms with Crippen LogP contribution in [0.15, 0.2) is 41.8 Å². The van der Waals surface area contributed by atoms with Crippen molar-refractivity contribution < 1.29 is 4.39 Å². The van der Waals surface area contributed by atoms with Crippen LogP contribution in [0.25, 0.3) is 16.2 Å². The Bertz CT molecular complexity index is 958. The number of nitrogens with zero attached hydrogens (tertiary/aromatic N) is 5. The minimum atomic E-state index is -0.277. The standard InChI is InChI=1S/C15H11FN6S/c1-9-8-23-15-18-14(21-22(9)15)17-13-7-6-12(19-20-13)10-2-4-11(16)5-3-10/h2-8H,1H3,(H,17,20,21). The highest BCUT2D eigenvalue weighted by Gasteiger charge is 2.08. The van der Waals surface area contributed by atoms with Crippen molar-refractivity contribution in [1.29, 1.82) is 0 Å². The molecule has 23 heavy (non-hydrogen) atoms. The van der Waals surface area contributed by atoms with Gasteiger partial charge in [-0.15, -0.1) is 26.6 Å². The Hall–Kier alpha value is -2.87. The molecule has 0 spiro atoms. The molecule has 0 aliphatic carbocycles. The van der Waals surface area contributed by atoms with Crippen molar-refractivity contribution in [3.05, 3.63) is 53.3 Å². The molecule has 114 valence electrons. The van der Waals surface area contributed by atoms with Gasteiger partial charge in [-0.3, -0.25) is 0 Å². The van der Waals surface area contributed by atoms with Gasteiger partial charge in [-0.25, -0.2) is 8.91 Å². The summed E-state index contributed by atoms with van der Waals surface area (Å²) in [5.74, 6) is 0.747. The number of halogens is 1. The van der Waals surface area contributed by atoms with E-state index < -0.39 is 0 Å². The molecule has 1 N–H and O–H groups in total. The fourth-order valence-electron chi connectivity index (χ4n) is 2.13. The van der Waals surface area contributed by atoms with Gasteiger partial charge in [-0.2, -0.15) is 4.98 Å². The molecule has 0 saturated carbocycles. The van der Waals surface area contributed by atoms with Crippen molar-refractivity contribution in [2.24, 2.45) is 0 Å². The molecule has 3 aromatic heterocycles. The number of thiazole rings is 1. The Morgan fingerprint density at radius 1 is 1.09 bits per heavy atom. The molecule has 8 heteroatoms. The Kier molecular flexibility index (Phi) is 3.23. The number of rotatable bonds is 3. The Balaban J connectivity index is 1.56. The molecule has 1 aromatic carbocycles. The van der Waals surface area contributed by atoms with Gasteiger partial charge in [-0.1, -0.05) is 0 Å². The summed E-state index contributed by atoms with van der Waals surface area (Å²) in [7, 11) is 0. The second-order valence-corrected chi connectivity index (χ2v) is 5.78. The van der Waals surface area contributed by atoms with Crippen LogP contribution in [0.1, 0.15) is 5.69 Å². The molecule has 0 bridgehead atoms. The fourth-order valence-corrected chi connectivity index (χ4v) is 2.93. The zero-order chi connectivity index (χ0) is 15.8. The third kappa shape index (κ3) is 2.64. The second kappa shape index (κ2) is 5.40. The second-order valence-electron chi connectivity index (χ2n) is 4.94. The van der Waals surface area contributed by atoms with Crippen LogP contribution in [-0.4, -0.2) is 24.8 Å². The maximum absolute atomic E-state index is 12.9. The van der Waals surface area contributed by atoms with Crippen molar-refractivity contribution in [2.45, 2.75) is 6.92 Å². The van der Waals surface area contributed by atoms with Gasteiger partial charge in [0.15, 0.2) is 5.82 Å². The van der Waals surface area contributed by atoms with Crippen LogP contribution in [0.5, 0.6) is 0 Å². The van der Waals surface area contributed by atoms with Gasteiger partial charge in [0.2, 0.25) is 10.9 Å². The maximum atomic E-state index is 12.9. The van der Waals surface area contributed by atoms with Crippen LogP contribution < -0.4 is 5.32 Å². The number of hydrogen-bond donors (Lipinski definition) is 1. The summed E-state index contributed by atoms with van der Waals surface area (Å²) in [5.41, 5.74) is 2.51. The zero-order valence-electron chi connectivity index (χ0n) is 12.1. The molecular weight excluding hydrogens is 315 g/mol. The minimum absolute atomic E-state index is 0.277. The average Bonchev–Trinajstić information content (AvgIpc) is 3.11. The monoisotopic (exact) mass is 326 g/mol. The molecule has 4 rings (SSSR count). The number of fused-ring (bicyclic) bond motifs is 1. The van der Waals surface area contributed by atoms with E-state index in [1.54, 1.807) is 22.7 Å². The summed E-state index contributed by atoms with van der Waals surface area (Å²) in [4.78, 5) is 5.19. The SMILES string of the molecule is Cc1csc2nc(Nc3ccc(-c4ccc(F)cc4)nn3)nn12. The lowest BCUT2D eigenvalue weighted by Crippen LogP contribution is -1.98. The molecule has 6 nitrogen and oxygen atoms in total. The number of aromatic nitrogens is 5. The molecule has 0 amide bonds. The van der Waals surface area contributed by atoms with Crippen LogP contribution in [0.4, 0.5) is 16.2 Å². The average molecular weight is 326 g/mol. The van der Waals surface area contributed by atoms with E-state index >= 15 is 0 Å². The maximum Gasteiger partial charge on any atom is 0.249 e. The van der Waals surface area contributed by atoms with E-state index in [1.165, 1.54) is 23.5 Å². The third-order valence-electron chi connectivity index (χ3n) is 3.29. The van der Waals surface area contributed by atoms with Crippen LogP contribution in [-0.2, 0) is 0 Å². The van der Waals surface area contributed by atoms with E-state index in [0.717, 1.165) is 16.2 Å². The van der Waals surface area contributed by atoms with Crippen molar-refractivity contribution >= 4 is 28.1 Å². The normalized spacial score (nSPS) is 11.0. The first-order valence-electron chi connectivity index (χ1n) is 6.86. The van der Waals surface area contributed by atoms with Gasteiger partial charge in [0.1, 0.15) is 5.82 Å². The quantitative estimate of drug-likeness (QED) is 0.624. The van der Waals surface area contributed by atoms with E-state index in [0.29, 0.717) is 17.5 Å². The summed E-state index contributed by atoms with van der Waals surface area (Å²) >= 11 is 1.53. The summed E-state index contributed by atoms with van der Waals surface area (Å²) < 4.78 is 14.7. The van der Waals surface area contributed by atoms with Gasteiger partial charge in [0.05, 0.1) is 11.4 Å². The van der Waals surface area contributed by atoms with E-state index in [2.05, 4.69) is 25.6 Å². The fraction of sp³-hybridized carbons (Fsp3) is 0.0667. The van der Waals surface area contributed by atoms with E-state index in [-0.39, 0.29) is 5.82 Å². The molecule has 0 aliphatic rings. The Morgan fingerprint density at radius 2 is 1.91 bits per heavy atom. The van der Waals surface area contributed by atoms with E-state index in [9.17, 15) is 4.39 Å². The van der Waals surface area contributed by atoms with Crippen LogP contribution in [0.3, 0.4) is 0 Å². The lowest BCUT2D eigenvalue weighted by Gasteiger charge is -2.02. The number of hydrogen-bond acceptors (Lipinski definition) is 6. The lowest BCUT2D eigenvalue weighted by molar-refractivity contribution is 0.628. The number of anilines is 2. The zero-order valence-corrected chi connectivity index (χ0v) is 12.9. The van der Waals surface area contributed by atoms with Crippen LogP contribution in [0.2, 0.25) is 0 Å². The molecule has 0 radical (unpaired) electrons. The van der Waals surface area contributed by atoms with E-state index in [1.807, 2.05) is 18.4 Å². The Morgan fingerprint density at radius 3 is 2.61 bits per heavy atom. The summed E-state index contributed by atoms with van der Waals surface area (Å²) in [5, 5.41) is 17.6. The third-order valence-corrected chi connectivity index (χ3v) is 4.22. The van der Waals surface area contributed by atoms with Crippen molar-refractivity contribution in [1.82, 2.24) is 24.8 Å². The first kappa shape index (κ1) is 13.8. The molecule has 3 heterocycles. The predicted molar refractivity (Wildman–Crippen MR) is 86.3 cm³/mol. The predicted octanol–water partition coefficient (Wildman–Crippen LogP) is 3.44. The molecule has 0 unspecified atom stereocenters. The minimum Gasteiger partial charge on any atom is -0.306 e. The summed E-state index contributed by atoms with van der Waals surface area (Å²) in [6.07, 6.45) is 0. The first-order chi connectivity index (χ1) is 11.2. The number of nitrogens with one attached hydrogen (secondary N) is 1. The Labute approximate surface area is 134 Å². The van der Waals surface area contributed by atoms with Crippen LogP contribution in [0, 0.1) is 12.7 Å². The van der Waals surface area contributed by atoms with Crippen molar-refractivity contribution in [3.63, 3.8) is 0 Å². The molecule has 0 atom stereocenters. The topological polar surface area (TPSA) is 68.0 Å². The highest BCUT2D eigenvalue weighted by molar-refractivity contribution is 7.15. The highest BCUT2D eigenvalue weighted by atomic mass is 32.1. The largest absolute Gasteiger partial charge is 0.306 e. The summed E-state index contributed by atoms with van der Waals surface area (Å²) in [6.45, 7) is 1.97.